The maximum atomic E-state index is 12.9. The number of hydrogen-bond acceptors (Lipinski definition) is 2. The van der Waals surface area contributed by atoms with Gasteiger partial charge in [0.25, 0.3) is 0 Å². The Morgan fingerprint density at radius 3 is 2.58 bits per heavy atom. The number of likely N-dealkylation sites (tertiary alicyclic amines) is 1. The first-order valence-corrected chi connectivity index (χ1v) is 8.04. The van der Waals surface area contributed by atoms with E-state index in [1.165, 1.54) is 6.42 Å². The first kappa shape index (κ1) is 14.8. The monoisotopic (exact) mass is 266 g/mol. The second kappa shape index (κ2) is 5.82. The van der Waals surface area contributed by atoms with E-state index in [2.05, 4.69) is 31.0 Å². The molecule has 3 heteroatoms. The second-order valence-corrected chi connectivity index (χ2v) is 7.17. The quantitative estimate of drug-likeness (QED) is 0.852. The lowest BCUT2D eigenvalue weighted by Crippen LogP contribution is -2.55. The summed E-state index contributed by atoms with van der Waals surface area (Å²) in [6.07, 6.45) is 7.78. The molecule has 2 aliphatic rings. The van der Waals surface area contributed by atoms with Gasteiger partial charge in [0.2, 0.25) is 5.91 Å². The number of amides is 1. The van der Waals surface area contributed by atoms with Crippen LogP contribution in [0.15, 0.2) is 0 Å². The van der Waals surface area contributed by atoms with Crippen molar-refractivity contribution in [2.24, 2.45) is 5.41 Å². The van der Waals surface area contributed by atoms with E-state index in [9.17, 15) is 4.79 Å². The van der Waals surface area contributed by atoms with Crippen LogP contribution in [-0.4, -0.2) is 36.0 Å². The van der Waals surface area contributed by atoms with Crippen LogP contribution in [0.5, 0.6) is 0 Å². The fourth-order valence-corrected chi connectivity index (χ4v) is 3.66. The van der Waals surface area contributed by atoms with E-state index in [-0.39, 0.29) is 5.54 Å². The number of carbonyl (C=O) groups excluding carboxylic acids is 1. The van der Waals surface area contributed by atoms with Gasteiger partial charge in [0.1, 0.15) is 0 Å². The molecular weight excluding hydrogens is 236 g/mol. The molecule has 110 valence electrons. The average Bonchev–Trinajstić information content (AvgIpc) is 2.75. The van der Waals surface area contributed by atoms with Crippen molar-refractivity contribution >= 4 is 5.91 Å². The molecule has 0 spiro atoms. The molecule has 2 aliphatic heterocycles. The molecule has 2 saturated heterocycles. The van der Waals surface area contributed by atoms with Crippen LogP contribution >= 0.6 is 0 Å². The van der Waals surface area contributed by atoms with Gasteiger partial charge in [0, 0.05) is 13.1 Å². The summed E-state index contributed by atoms with van der Waals surface area (Å²) >= 11 is 0. The number of nitrogens with one attached hydrogen (secondary N) is 1. The van der Waals surface area contributed by atoms with Crippen LogP contribution in [0.25, 0.3) is 0 Å². The van der Waals surface area contributed by atoms with Crippen LogP contribution < -0.4 is 5.32 Å². The van der Waals surface area contributed by atoms with Gasteiger partial charge in [-0.25, -0.2) is 0 Å². The molecule has 0 saturated carbocycles. The Hall–Kier alpha value is -0.570. The van der Waals surface area contributed by atoms with E-state index in [0.717, 1.165) is 58.2 Å². The van der Waals surface area contributed by atoms with Crippen LogP contribution in [0.4, 0.5) is 0 Å². The smallest absolute Gasteiger partial charge is 0.242 e. The molecule has 19 heavy (non-hydrogen) atoms. The zero-order valence-corrected chi connectivity index (χ0v) is 12.9. The van der Waals surface area contributed by atoms with Crippen molar-refractivity contribution in [1.29, 1.82) is 0 Å². The lowest BCUT2D eigenvalue weighted by molar-refractivity contribution is -0.138. The summed E-state index contributed by atoms with van der Waals surface area (Å²) in [5.41, 5.74) is 0.166. The van der Waals surface area contributed by atoms with Crippen molar-refractivity contribution in [2.45, 2.75) is 71.3 Å². The Labute approximate surface area is 118 Å². The SMILES string of the molecule is CCCC1(C(=O)N2CCCC(C)(C)CC2)CCCN1. The Balaban J connectivity index is 2.05. The van der Waals surface area contributed by atoms with Gasteiger partial charge in [-0.1, -0.05) is 27.2 Å². The largest absolute Gasteiger partial charge is 0.341 e. The molecule has 0 aromatic rings. The molecule has 0 bridgehead atoms. The highest BCUT2D eigenvalue weighted by atomic mass is 16.2. The normalized spacial score (nSPS) is 31.2. The fraction of sp³-hybridized carbons (Fsp3) is 0.938. The molecule has 1 atom stereocenters. The average molecular weight is 266 g/mol. The minimum Gasteiger partial charge on any atom is -0.341 e. The lowest BCUT2D eigenvalue weighted by Gasteiger charge is -2.34. The van der Waals surface area contributed by atoms with E-state index in [0.29, 0.717) is 11.3 Å². The molecule has 0 aromatic carbocycles. The topological polar surface area (TPSA) is 32.3 Å². The molecule has 2 fully saturated rings. The molecule has 1 N–H and O–H groups in total. The number of hydrogen-bond donors (Lipinski definition) is 1. The zero-order chi connectivity index (χ0) is 13.9. The van der Waals surface area contributed by atoms with Crippen LogP contribution in [-0.2, 0) is 4.79 Å². The minimum absolute atomic E-state index is 0.233. The third-order valence-corrected chi connectivity index (χ3v) is 4.96. The summed E-state index contributed by atoms with van der Waals surface area (Å²) in [6.45, 7) is 9.74. The highest BCUT2D eigenvalue weighted by molar-refractivity contribution is 5.86. The molecule has 0 radical (unpaired) electrons. The van der Waals surface area contributed by atoms with Gasteiger partial charge in [-0.2, -0.15) is 0 Å². The van der Waals surface area contributed by atoms with Gasteiger partial charge in [-0.3, -0.25) is 4.79 Å². The summed E-state index contributed by atoms with van der Waals surface area (Å²) < 4.78 is 0. The summed E-state index contributed by atoms with van der Waals surface area (Å²) in [4.78, 5) is 15.1. The molecule has 1 amide bonds. The number of nitrogens with zero attached hydrogens (tertiary/aromatic N) is 1. The molecular formula is C16H30N2O. The van der Waals surface area contributed by atoms with Crippen molar-refractivity contribution in [3.63, 3.8) is 0 Å². The van der Waals surface area contributed by atoms with Gasteiger partial charge in [-0.05, 0) is 50.5 Å². The number of rotatable bonds is 3. The summed E-state index contributed by atoms with van der Waals surface area (Å²) in [5.74, 6) is 0.379. The predicted molar refractivity (Wildman–Crippen MR) is 79.1 cm³/mol. The minimum atomic E-state index is -0.233. The second-order valence-electron chi connectivity index (χ2n) is 7.17. The fourth-order valence-electron chi connectivity index (χ4n) is 3.66. The summed E-state index contributed by atoms with van der Waals surface area (Å²) in [7, 11) is 0. The van der Waals surface area contributed by atoms with Gasteiger partial charge < -0.3 is 10.2 Å². The summed E-state index contributed by atoms with van der Waals surface area (Å²) in [5, 5.41) is 3.52. The van der Waals surface area contributed by atoms with E-state index in [1.807, 2.05) is 0 Å². The van der Waals surface area contributed by atoms with Crippen molar-refractivity contribution in [3.8, 4) is 0 Å². The highest BCUT2D eigenvalue weighted by Crippen LogP contribution is 2.32. The zero-order valence-electron chi connectivity index (χ0n) is 12.9. The van der Waals surface area contributed by atoms with Gasteiger partial charge in [0.15, 0.2) is 0 Å². The third kappa shape index (κ3) is 3.31. The van der Waals surface area contributed by atoms with Gasteiger partial charge in [-0.15, -0.1) is 0 Å². The van der Waals surface area contributed by atoms with Crippen molar-refractivity contribution in [1.82, 2.24) is 10.2 Å². The van der Waals surface area contributed by atoms with Crippen LogP contribution in [0.3, 0.4) is 0 Å². The van der Waals surface area contributed by atoms with E-state index < -0.39 is 0 Å². The molecule has 2 rings (SSSR count). The molecule has 2 heterocycles. The van der Waals surface area contributed by atoms with E-state index in [4.69, 9.17) is 0 Å². The number of carbonyl (C=O) groups is 1. The first-order valence-electron chi connectivity index (χ1n) is 8.04. The Bertz CT molecular complexity index is 319. The first-order chi connectivity index (χ1) is 8.99. The third-order valence-electron chi connectivity index (χ3n) is 4.96. The van der Waals surface area contributed by atoms with Crippen LogP contribution in [0.2, 0.25) is 0 Å². The lowest BCUT2D eigenvalue weighted by atomic mass is 9.85. The van der Waals surface area contributed by atoms with Crippen molar-refractivity contribution in [3.05, 3.63) is 0 Å². The maximum Gasteiger partial charge on any atom is 0.242 e. The van der Waals surface area contributed by atoms with Crippen molar-refractivity contribution in [2.75, 3.05) is 19.6 Å². The van der Waals surface area contributed by atoms with E-state index >= 15 is 0 Å². The van der Waals surface area contributed by atoms with Crippen molar-refractivity contribution < 1.29 is 4.79 Å². The van der Waals surface area contributed by atoms with Gasteiger partial charge >= 0.3 is 0 Å². The standard InChI is InChI=1S/C16H30N2O/c1-4-7-16(9-5-11-17-16)14(19)18-12-6-8-15(2,3)10-13-18/h17H,4-13H2,1-3H3. The predicted octanol–water partition coefficient (Wildman–Crippen LogP) is 2.95. The molecule has 1 unspecified atom stereocenters. The highest BCUT2D eigenvalue weighted by Gasteiger charge is 2.42. The van der Waals surface area contributed by atoms with Gasteiger partial charge in [0.05, 0.1) is 5.54 Å². The van der Waals surface area contributed by atoms with E-state index in [1.54, 1.807) is 0 Å². The summed E-state index contributed by atoms with van der Waals surface area (Å²) in [6, 6.07) is 0. The maximum absolute atomic E-state index is 12.9. The Morgan fingerprint density at radius 1 is 1.16 bits per heavy atom. The van der Waals surface area contributed by atoms with Crippen LogP contribution in [0, 0.1) is 5.41 Å². The van der Waals surface area contributed by atoms with Crippen LogP contribution in [0.1, 0.15) is 65.7 Å². The Kier molecular flexibility index (Phi) is 4.54. The molecule has 0 aromatic heterocycles. The Morgan fingerprint density at radius 2 is 1.95 bits per heavy atom. The molecule has 3 nitrogen and oxygen atoms in total. The molecule has 0 aliphatic carbocycles.